The Morgan fingerprint density at radius 3 is 2.87 bits per heavy atom. The van der Waals surface area contributed by atoms with Crippen LogP contribution in [-0.4, -0.2) is 49.0 Å². The van der Waals surface area contributed by atoms with Crippen molar-refractivity contribution >= 4 is 33.3 Å². The van der Waals surface area contributed by atoms with Crippen LogP contribution in [-0.2, 0) is 14.8 Å². The number of ether oxygens (including phenoxy) is 1. The van der Waals surface area contributed by atoms with Crippen LogP contribution in [0.2, 0.25) is 0 Å². The van der Waals surface area contributed by atoms with Crippen molar-refractivity contribution in [1.29, 1.82) is 0 Å². The van der Waals surface area contributed by atoms with Crippen LogP contribution in [0.4, 0.5) is 6.01 Å². The van der Waals surface area contributed by atoms with Crippen molar-refractivity contribution in [3.05, 3.63) is 41.8 Å². The highest BCUT2D eigenvalue weighted by Crippen LogP contribution is 2.30. The molecule has 1 aliphatic rings. The van der Waals surface area contributed by atoms with Gasteiger partial charge in [0.05, 0.1) is 18.6 Å². The summed E-state index contributed by atoms with van der Waals surface area (Å²) in [5, 5.41) is 12.2. The van der Waals surface area contributed by atoms with Crippen molar-refractivity contribution in [2.45, 2.75) is 17.1 Å². The molecular weight excluding hydrogens is 428 g/mol. The maximum absolute atomic E-state index is 12.7. The second kappa shape index (κ2) is 8.54. The lowest BCUT2D eigenvalue weighted by molar-refractivity contribution is -0.121. The second-order valence-corrected chi connectivity index (χ2v) is 9.85. The molecule has 1 aromatic carbocycles. The van der Waals surface area contributed by atoms with Gasteiger partial charge in [0, 0.05) is 13.1 Å². The summed E-state index contributed by atoms with van der Waals surface area (Å²) >= 11 is 1.17. The number of aromatic nitrogens is 2. The first-order valence-corrected chi connectivity index (χ1v) is 11.6. The van der Waals surface area contributed by atoms with E-state index in [1.54, 1.807) is 29.6 Å². The van der Waals surface area contributed by atoms with E-state index in [1.807, 2.05) is 12.1 Å². The summed E-state index contributed by atoms with van der Waals surface area (Å²) in [6.07, 6.45) is 1.18. The van der Waals surface area contributed by atoms with Gasteiger partial charge in [-0.1, -0.05) is 23.3 Å². The number of methoxy groups -OCH3 is 1. The van der Waals surface area contributed by atoms with E-state index < -0.39 is 15.9 Å². The highest BCUT2D eigenvalue weighted by molar-refractivity contribution is 7.91. The minimum absolute atomic E-state index is 0.0425. The van der Waals surface area contributed by atoms with Gasteiger partial charge in [0.1, 0.15) is 9.96 Å². The summed E-state index contributed by atoms with van der Waals surface area (Å²) in [5.41, 5.74) is 0.610. The van der Waals surface area contributed by atoms with Crippen LogP contribution in [0.5, 0.6) is 5.75 Å². The number of benzene rings is 1. The van der Waals surface area contributed by atoms with E-state index in [0.717, 1.165) is 0 Å². The predicted molar refractivity (Wildman–Crippen MR) is 111 cm³/mol. The molecule has 1 amide bonds. The van der Waals surface area contributed by atoms with Crippen molar-refractivity contribution in [2.75, 3.05) is 25.5 Å². The molecule has 4 rings (SSSR count). The number of hydrogen-bond donors (Lipinski definition) is 1. The van der Waals surface area contributed by atoms with Gasteiger partial charge >= 0.3 is 6.01 Å². The number of rotatable bonds is 6. The number of piperidine rings is 1. The summed E-state index contributed by atoms with van der Waals surface area (Å²) in [5.74, 6) is -0.0690. The molecule has 1 saturated heterocycles. The third-order valence-electron chi connectivity index (χ3n) is 4.84. The van der Waals surface area contributed by atoms with Gasteiger partial charge in [0.15, 0.2) is 0 Å². The number of carbonyl (C=O) groups excluding carboxylic acids is 1. The number of nitrogens with zero attached hydrogens (tertiary/aromatic N) is 3. The lowest BCUT2D eigenvalue weighted by Gasteiger charge is -2.30. The molecule has 3 heterocycles. The van der Waals surface area contributed by atoms with Crippen LogP contribution in [0.15, 0.2) is 50.4 Å². The molecule has 1 N–H and O–H groups in total. The lowest BCUT2D eigenvalue weighted by Crippen LogP contribution is -2.43. The van der Waals surface area contributed by atoms with Crippen LogP contribution in [0.1, 0.15) is 12.8 Å². The van der Waals surface area contributed by atoms with E-state index in [0.29, 0.717) is 30.7 Å². The molecule has 158 valence electrons. The Hall–Kier alpha value is -2.76. The summed E-state index contributed by atoms with van der Waals surface area (Å²) in [6.45, 7) is 0.502. The molecule has 0 bridgehead atoms. The molecule has 9 nitrogen and oxygen atoms in total. The van der Waals surface area contributed by atoms with Crippen molar-refractivity contribution in [3.8, 4) is 17.2 Å². The largest absolute Gasteiger partial charge is 0.496 e. The zero-order chi connectivity index (χ0) is 21.1. The van der Waals surface area contributed by atoms with Crippen LogP contribution >= 0.6 is 11.3 Å². The van der Waals surface area contributed by atoms with Gasteiger partial charge in [-0.05, 0) is 36.4 Å². The Morgan fingerprint density at radius 2 is 2.10 bits per heavy atom. The molecule has 1 fully saturated rings. The average molecular weight is 449 g/mol. The fraction of sp³-hybridized carbons (Fsp3) is 0.316. The minimum atomic E-state index is -3.59. The van der Waals surface area contributed by atoms with E-state index >= 15 is 0 Å². The quantitative estimate of drug-likeness (QED) is 0.617. The fourth-order valence-electron chi connectivity index (χ4n) is 3.32. The first kappa shape index (κ1) is 20.5. The van der Waals surface area contributed by atoms with E-state index in [-0.39, 0.29) is 28.6 Å². The molecular formula is C19H20N4O5S2. The van der Waals surface area contributed by atoms with E-state index in [4.69, 9.17) is 9.15 Å². The van der Waals surface area contributed by atoms with Gasteiger partial charge in [-0.25, -0.2) is 8.42 Å². The zero-order valence-corrected chi connectivity index (χ0v) is 17.8. The third-order valence-corrected chi connectivity index (χ3v) is 8.07. The van der Waals surface area contributed by atoms with Crippen molar-refractivity contribution < 1.29 is 22.4 Å². The minimum Gasteiger partial charge on any atom is -0.496 e. The molecule has 1 atom stereocenters. The van der Waals surface area contributed by atoms with Crippen LogP contribution in [0.25, 0.3) is 11.5 Å². The number of carbonyl (C=O) groups is 1. The first-order valence-electron chi connectivity index (χ1n) is 9.30. The standard InChI is InChI=1S/C19H20N4O5S2/c1-27-15-8-3-2-7-14(15)18-21-22-19(28-18)20-17(24)13-6-4-10-23(12-13)30(25,26)16-9-5-11-29-16/h2-3,5,7-9,11,13H,4,6,10,12H2,1H3,(H,20,22,24). The normalized spacial score (nSPS) is 17.6. The van der Waals surface area contributed by atoms with Gasteiger partial charge in [0.2, 0.25) is 5.91 Å². The molecule has 2 aromatic heterocycles. The molecule has 11 heteroatoms. The average Bonchev–Trinajstić information content (AvgIpc) is 3.46. The van der Waals surface area contributed by atoms with Gasteiger partial charge < -0.3 is 9.15 Å². The SMILES string of the molecule is COc1ccccc1-c1nnc(NC(=O)C2CCCN(S(=O)(=O)c3cccs3)C2)o1. The molecule has 1 unspecified atom stereocenters. The molecule has 0 radical (unpaired) electrons. The molecule has 0 saturated carbocycles. The number of anilines is 1. The van der Waals surface area contributed by atoms with Crippen LogP contribution < -0.4 is 10.1 Å². The number of sulfonamides is 1. The van der Waals surface area contributed by atoms with E-state index in [2.05, 4.69) is 15.5 Å². The van der Waals surface area contributed by atoms with Gasteiger partial charge in [0.25, 0.3) is 15.9 Å². The van der Waals surface area contributed by atoms with E-state index in [1.165, 1.54) is 22.8 Å². The lowest BCUT2D eigenvalue weighted by atomic mass is 9.99. The molecule has 0 spiro atoms. The Balaban J connectivity index is 1.45. The van der Waals surface area contributed by atoms with E-state index in [9.17, 15) is 13.2 Å². The Morgan fingerprint density at radius 1 is 1.27 bits per heavy atom. The second-order valence-electron chi connectivity index (χ2n) is 6.74. The van der Waals surface area contributed by atoms with Crippen LogP contribution in [0.3, 0.4) is 0 Å². The molecule has 0 aliphatic carbocycles. The maximum atomic E-state index is 12.7. The smallest absolute Gasteiger partial charge is 0.322 e. The number of para-hydroxylation sites is 1. The first-order chi connectivity index (χ1) is 14.5. The Kier molecular flexibility index (Phi) is 5.84. The number of amides is 1. The van der Waals surface area contributed by atoms with Gasteiger partial charge in [-0.15, -0.1) is 16.4 Å². The maximum Gasteiger partial charge on any atom is 0.322 e. The van der Waals surface area contributed by atoms with Crippen molar-refractivity contribution in [3.63, 3.8) is 0 Å². The Labute approximate surface area is 177 Å². The zero-order valence-electron chi connectivity index (χ0n) is 16.1. The van der Waals surface area contributed by atoms with Crippen molar-refractivity contribution in [1.82, 2.24) is 14.5 Å². The van der Waals surface area contributed by atoms with Gasteiger partial charge in [-0.2, -0.15) is 4.31 Å². The number of nitrogens with one attached hydrogen (secondary N) is 1. The summed E-state index contributed by atoms with van der Waals surface area (Å²) in [7, 11) is -2.05. The van der Waals surface area contributed by atoms with Crippen molar-refractivity contribution in [2.24, 2.45) is 5.92 Å². The predicted octanol–water partition coefficient (Wildman–Crippen LogP) is 2.85. The molecule has 3 aromatic rings. The molecule has 30 heavy (non-hydrogen) atoms. The fourth-order valence-corrected chi connectivity index (χ4v) is 5.99. The summed E-state index contributed by atoms with van der Waals surface area (Å²) in [6, 6.07) is 10.4. The van der Waals surface area contributed by atoms with Crippen LogP contribution in [0, 0.1) is 5.92 Å². The summed E-state index contributed by atoms with van der Waals surface area (Å²) < 4.78 is 38.0. The topological polar surface area (TPSA) is 115 Å². The summed E-state index contributed by atoms with van der Waals surface area (Å²) in [4.78, 5) is 12.7. The number of hydrogen-bond acceptors (Lipinski definition) is 8. The highest BCUT2D eigenvalue weighted by atomic mass is 32.2. The molecule has 1 aliphatic heterocycles. The number of thiophene rings is 1. The highest BCUT2D eigenvalue weighted by Gasteiger charge is 2.34. The van der Waals surface area contributed by atoms with Gasteiger partial charge in [-0.3, -0.25) is 10.1 Å². The Bertz CT molecular complexity index is 1130. The third kappa shape index (κ3) is 4.09. The monoisotopic (exact) mass is 448 g/mol.